The van der Waals surface area contributed by atoms with Gasteiger partial charge in [0.05, 0.1) is 6.61 Å². The zero-order valence-corrected chi connectivity index (χ0v) is 22.6. The van der Waals surface area contributed by atoms with Crippen LogP contribution < -0.4 is 4.74 Å². The predicted molar refractivity (Wildman–Crippen MR) is 140 cm³/mol. The second kappa shape index (κ2) is 12.2. The van der Waals surface area contributed by atoms with Crippen LogP contribution in [0.3, 0.4) is 0 Å². The van der Waals surface area contributed by atoms with Crippen molar-refractivity contribution < 1.29 is 22.7 Å². The fraction of sp³-hybridized carbons (Fsp3) is 0.500. The summed E-state index contributed by atoms with van der Waals surface area (Å²) in [6, 6.07) is 10.8. The molecule has 3 atom stereocenters. The maximum atomic E-state index is 13.7. The summed E-state index contributed by atoms with van der Waals surface area (Å²) >= 11 is 0. The molecule has 0 radical (unpaired) electrons. The highest BCUT2D eigenvalue weighted by Crippen LogP contribution is 2.34. The van der Waals surface area contributed by atoms with Gasteiger partial charge in [-0.2, -0.15) is 4.31 Å². The Morgan fingerprint density at radius 2 is 1.97 bits per heavy atom. The quantitative estimate of drug-likeness (QED) is 0.561. The van der Waals surface area contributed by atoms with Crippen LogP contribution >= 0.6 is 0 Å². The Morgan fingerprint density at radius 1 is 1.22 bits per heavy atom. The summed E-state index contributed by atoms with van der Waals surface area (Å²) in [5.41, 5.74) is 1.53. The molecule has 1 aliphatic heterocycles. The maximum Gasteiger partial charge on any atom is 0.247 e. The van der Waals surface area contributed by atoms with Gasteiger partial charge in [0.2, 0.25) is 10.0 Å². The first-order valence-electron chi connectivity index (χ1n) is 12.4. The molecule has 1 aliphatic rings. The van der Waals surface area contributed by atoms with E-state index in [2.05, 4.69) is 25.7 Å². The molecule has 196 valence electrons. The number of fused-ring (bicyclic) bond motifs is 1. The average molecular weight is 517 g/mol. The number of rotatable bonds is 7. The molecule has 3 rings (SSSR count). The van der Waals surface area contributed by atoms with Crippen molar-refractivity contribution in [3.8, 4) is 17.6 Å². The monoisotopic (exact) mass is 516 g/mol. The third-order valence-corrected chi connectivity index (χ3v) is 8.26. The number of nitrogens with zero attached hydrogens (tertiary/aromatic N) is 2. The van der Waals surface area contributed by atoms with Crippen LogP contribution in [0.1, 0.15) is 45.2 Å². The van der Waals surface area contributed by atoms with E-state index < -0.39 is 16.1 Å². The molecule has 0 saturated carbocycles. The largest absolute Gasteiger partial charge is 0.487 e. The molecule has 2 aromatic carbocycles. The second-order valence-electron chi connectivity index (χ2n) is 10.1. The number of benzene rings is 2. The number of halogens is 1. The molecular weight excluding hydrogens is 479 g/mol. The van der Waals surface area contributed by atoms with Gasteiger partial charge in [0.1, 0.15) is 22.6 Å². The predicted octanol–water partition coefficient (Wildman–Crippen LogP) is 4.12. The van der Waals surface area contributed by atoms with Gasteiger partial charge in [0, 0.05) is 43.6 Å². The van der Waals surface area contributed by atoms with Crippen LogP contribution in [-0.2, 0) is 16.6 Å². The lowest BCUT2D eigenvalue weighted by molar-refractivity contribution is 0.0733. The van der Waals surface area contributed by atoms with Crippen LogP contribution in [0.5, 0.6) is 5.75 Å². The molecule has 6 nitrogen and oxygen atoms in total. The van der Waals surface area contributed by atoms with E-state index in [4.69, 9.17) is 4.74 Å². The van der Waals surface area contributed by atoms with Crippen molar-refractivity contribution in [2.45, 2.75) is 57.7 Å². The molecule has 1 N–H and O–H groups in total. The Balaban J connectivity index is 1.96. The Morgan fingerprint density at radius 3 is 2.64 bits per heavy atom. The minimum Gasteiger partial charge on any atom is -0.487 e. The number of aliphatic hydroxyl groups excluding tert-OH is 1. The Kier molecular flexibility index (Phi) is 9.53. The summed E-state index contributed by atoms with van der Waals surface area (Å²) in [6.07, 6.45) is 0.396. The Labute approximate surface area is 215 Å². The smallest absolute Gasteiger partial charge is 0.247 e. The molecule has 0 aliphatic carbocycles. The van der Waals surface area contributed by atoms with Gasteiger partial charge in [-0.3, -0.25) is 4.90 Å². The first-order valence-corrected chi connectivity index (χ1v) is 13.8. The molecule has 1 heterocycles. The van der Waals surface area contributed by atoms with E-state index in [0.29, 0.717) is 24.6 Å². The highest BCUT2D eigenvalue weighted by Gasteiger charge is 2.38. The van der Waals surface area contributed by atoms with E-state index in [1.807, 2.05) is 24.9 Å². The van der Waals surface area contributed by atoms with Gasteiger partial charge in [-0.05, 0) is 55.8 Å². The molecule has 8 heteroatoms. The number of hydrogen-bond acceptors (Lipinski definition) is 5. The van der Waals surface area contributed by atoms with E-state index in [0.717, 1.165) is 12.0 Å². The van der Waals surface area contributed by atoms with E-state index in [1.165, 1.54) is 16.4 Å². The number of likely N-dealkylation sites (N-methyl/N-ethyl adjacent to an activating group) is 1. The van der Waals surface area contributed by atoms with Gasteiger partial charge < -0.3 is 9.84 Å². The highest BCUT2D eigenvalue weighted by atomic mass is 32.2. The second-order valence-corrected chi connectivity index (χ2v) is 12.0. The first-order chi connectivity index (χ1) is 17.0. The number of sulfonamides is 1. The highest BCUT2D eigenvalue weighted by molar-refractivity contribution is 7.89. The third kappa shape index (κ3) is 7.07. The van der Waals surface area contributed by atoms with E-state index in [1.54, 1.807) is 31.2 Å². The third-order valence-electron chi connectivity index (χ3n) is 6.24. The van der Waals surface area contributed by atoms with Crippen molar-refractivity contribution in [1.82, 2.24) is 9.21 Å². The number of hydrogen-bond donors (Lipinski definition) is 1. The van der Waals surface area contributed by atoms with Crippen LogP contribution in [0.2, 0.25) is 0 Å². The minimum atomic E-state index is -3.90. The van der Waals surface area contributed by atoms with Gasteiger partial charge in [-0.25, -0.2) is 12.8 Å². The molecule has 0 bridgehead atoms. The normalized spacial score (nSPS) is 20.6. The number of ether oxygens (including phenoxy) is 1. The molecule has 0 fully saturated rings. The van der Waals surface area contributed by atoms with Crippen LogP contribution in [0.25, 0.3) is 0 Å². The summed E-state index contributed by atoms with van der Waals surface area (Å²) in [5.74, 6) is 6.50. The van der Waals surface area contributed by atoms with Gasteiger partial charge in [-0.1, -0.05) is 44.7 Å². The zero-order chi connectivity index (χ0) is 26.5. The first kappa shape index (κ1) is 28.1. The van der Waals surface area contributed by atoms with Crippen molar-refractivity contribution in [2.24, 2.45) is 11.8 Å². The van der Waals surface area contributed by atoms with Gasteiger partial charge in [-0.15, -0.1) is 0 Å². The van der Waals surface area contributed by atoms with Gasteiger partial charge in [0.15, 0.2) is 0 Å². The van der Waals surface area contributed by atoms with Gasteiger partial charge in [0.25, 0.3) is 0 Å². The zero-order valence-electron chi connectivity index (χ0n) is 21.7. The van der Waals surface area contributed by atoms with Crippen molar-refractivity contribution in [3.05, 3.63) is 59.4 Å². The summed E-state index contributed by atoms with van der Waals surface area (Å²) in [5, 5.41) is 9.80. The fourth-order valence-electron chi connectivity index (χ4n) is 4.20. The van der Waals surface area contributed by atoms with E-state index in [9.17, 15) is 17.9 Å². The topological polar surface area (TPSA) is 70.1 Å². The van der Waals surface area contributed by atoms with Crippen molar-refractivity contribution in [3.63, 3.8) is 0 Å². The van der Waals surface area contributed by atoms with E-state index in [-0.39, 0.29) is 41.6 Å². The average Bonchev–Trinajstić information content (AvgIpc) is 2.80. The fourth-order valence-corrected chi connectivity index (χ4v) is 6.02. The summed E-state index contributed by atoms with van der Waals surface area (Å²) in [6.45, 7) is 8.77. The van der Waals surface area contributed by atoms with Crippen LogP contribution in [0.4, 0.5) is 4.39 Å². The molecule has 0 unspecified atom stereocenters. The molecule has 0 aromatic heterocycles. The maximum absolute atomic E-state index is 13.7. The standard InChI is InChI=1S/C28H37FN2O4S/c1-20(2)8-6-9-23-12-13-28-26(15-23)35-27(18-30(5)17-24-10-7-11-25(29)14-24)21(3)16-31(22(4)19-32)36(28,33)34/h7,10-15,20-22,27,32H,8,16-19H2,1-5H3/t21-,22-,27+/m0/s1. The Bertz CT molecular complexity index is 1210. The van der Waals surface area contributed by atoms with Gasteiger partial charge >= 0.3 is 0 Å². The lowest BCUT2D eigenvalue weighted by Crippen LogP contribution is -2.49. The molecular formula is C28H37FN2O4S. The molecule has 0 saturated heterocycles. The van der Waals surface area contributed by atoms with E-state index >= 15 is 0 Å². The lowest BCUT2D eigenvalue weighted by atomic mass is 10.0. The minimum absolute atomic E-state index is 0.0712. The van der Waals surface area contributed by atoms with Crippen molar-refractivity contribution in [2.75, 3.05) is 26.7 Å². The molecule has 0 spiro atoms. The summed E-state index contributed by atoms with van der Waals surface area (Å²) < 4.78 is 48.6. The van der Waals surface area contributed by atoms with Crippen molar-refractivity contribution in [1.29, 1.82) is 0 Å². The SMILES string of the molecule is CC(C)CC#Cc1ccc2c(c1)O[C@H](CN(C)Cc1cccc(F)c1)[C@@H](C)CN([C@@H](C)CO)S2(=O)=O. The molecule has 0 amide bonds. The van der Waals surface area contributed by atoms with Crippen LogP contribution in [-0.4, -0.2) is 61.6 Å². The number of aliphatic hydroxyl groups is 1. The molecule has 2 aromatic rings. The van der Waals surface area contributed by atoms with Crippen LogP contribution in [0.15, 0.2) is 47.4 Å². The Hall–Kier alpha value is -2.44. The molecule has 36 heavy (non-hydrogen) atoms. The lowest BCUT2D eigenvalue weighted by Gasteiger charge is -2.37. The summed E-state index contributed by atoms with van der Waals surface area (Å²) in [4.78, 5) is 2.11. The van der Waals surface area contributed by atoms with Crippen LogP contribution in [0, 0.1) is 29.5 Å². The van der Waals surface area contributed by atoms with Crippen molar-refractivity contribution >= 4 is 10.0 Å². The summed E-state index contributed by atoms with van der Waals surface area (Å²) in [7, 11) is -1.97.